The lowest BCUT2D eigenvalue weighted by atomic mass is 9.85. The van der Waals surface area contributed by atoms with Gasteiger partial charge in [-0.25, -0.2) is 14.4 Å². The lowest BCUT2D eigenvalue weighted by molar-refractivity contribution is 0.590. The van der Waals surface area contributed by atoms with Crippen molar-refractivity contribution < 1.29 is 0 Å². The molecule has 0 amide bonds. The van der Waals surface area contributed by atoms with Gasteiger partial charge >= 0.3 is 0 Å². The van der Waals surface area contributed by atoms with E-state index < -0.39 is 0 Å². The summed E-state index contributed by atoms with van der Waals surface area (Å²) in [4.78, 5) is 10.7. The van der Waals surface area contributed by atoms with Crippen LogP contribution in [0.15, 0.2) is 121 Å². The van der Waals surface area contributed by atoms with Crippen molar-refractivity contribution in [1.82, 2.24) is 27.7 Å². The van der Waals surface area contributed by atoms with Crippen LogP contribution in [0.25, 0.3) is 99.2 Å². The molecule has 0 atom stereocenters. The Morgan fingerprint density at radius 3 is 1.26 bits per heavy atom. The number of rotatable bonds is 1. The highest BCUT2D eigenvalue weighted by atomic mass is 15.3. The SMILES string of the molecule is CC(C)(C)c1ccc2c(c1)c1cc(C(C)(C)C)ccc1n2-c1cc2c3c(c1)n1c4cc5ccccc5cc4nc1n3c1nc3cc4ccccc4cc3n21. The van der Waals surface area contributed by atoms with Crippen LogP contribution in [0, 0.1) is 0 Å². The van der Waals surface area contributed by atoms with E-state index in [1.54, 1.807) is 0 Å². The van der Waals surface area contributed by atoms with Gasteiger partial charge in [0.1, 0.15) is 5.52 Å². The molecular formula is C48H38N6. The van der Waals surface area contributed by atoms with Gasteiger partial charge in [-0.2, -0.15) is 0 Å². The fraction of sp³-hybridized carbons (Fsp3) is 0.167. The van der Waals surface area contributed by atoms with Crippen molar-refractivity contribution >= 4 is 93.5 Å². The van der Waals surface area contributed by atoms with Crippen LogP contribution in [0.3, 0.4) is 0 Å². The summed E-state index contributed by atoms with van der Waals surface area (Å²) >= 11 is 0. The molecule has 6 nitrogen and oxygen atoms in total. The molecule has 0 aliphatic carbocycles. The maximum Gasteiger partial charge on any atom is 0.223 e. The largest absolute Gasteiger partial charge is 0.309 e. The molecule has 0 aliphatic rings. The zero-order valence-electron chi connectivity index (χ0n) is 31.2. The maximum absolute atomic E-state index is 5.35. The van der Waals surface area contributed by atoms with E-state index in [1.165, 1.54) is 54.5 Å². The second kappa shape index (κ2) is 9.77. The summed E-state index contributed by atoms with van der Waals surface area (Å²) in [7, 11) is 0. The molecule has 6 heteroatoms. The molecular weight excluding hydrogens is 661 g/mol. The Labute approximate surface area is 310 Å². The molecule has 12 aromatic rings. The molecule has 12 rings (SSSR count). The van der Waals surface area contributed by atoms with Gasteiger partial charge in [-0.15, -0.1) is 0 Å². The molecule has 0 aliphatic heterocycles. The van der Waals surface area contributed by atoms with Gasteiger partial charge in [0.2, 0.25) is 11.6 Å². The molecule has 5 heterocycles. The van der Waals surface area contributed by atoms with Crippen molar-refractivity contribution in [1.29, 1.82) is 0 Å². The number of hydrogen-bond acceptors (Lipinski definition) is 2. The third kappa shape index (κ3) is 3.84. The molecule has 0 saturated heterocycles. The van der Waals surface area contributed by atoms with Gasteiger partial charge in [0.15, 0.2) is 0 Å². The predicted molar refractivity (Wildman–Crippen MR) is 225 cm³/mol. The minimum Gasteiger partial charge on any atom is -0.309 e. The van der Waals surface area contributed by atoms with E-state index in [4.69, 9.17) is 9.97 Å². The monoisotopic (exact) mass is 698 g/mol. The van der Waals surface area contributed by atoms with Gasteiger partial charge in [0.05, 0.1) is 49.8 Å². The minimum atomic E-state index is 0.0271. The summed E-state index contributed by atoms with van der Waals surface area (Å²) in [5, 5.41) is 7.33. The van der Waals surface area contributed by atoms with Crippen molar-refractivity contribution in [2.45, 2.75) is 52.4 Å². The first kappa shape index (κ1) is 30.1. The highest BCUT2D eigenvalue weighted by Gasteiger charge is 2.27. The van der Waals surface area contributed by atoms with Crippen molar-refractivity contribution in [3.63, 3.8) is 0 Å². The van der Waals surface area contributed by atoms with Gasteiger partial charge in [-0.1, -0.05) is 102 Å². The van der Waals surface area contributed by atoms with Crippen LogP contribution >= 0.6 is 0 Å². The number of imidazole rings is 4. The number of fused-ring (bicyclic) bond motifs is 15. The van der Waals surface area contributed by atoms with E-state index >= 15 is 0 Å². The van der Waals surface area contributed by atoms with E-state index in [-0.39, 0.29) is 10.8 Å². The van der Waals surface area contributed by atoms with E-state index in [0.29, 0.717) is 0 Å². The summed E-state index contributed by atoms with van der Waals surface area (Å²) < 4.78 is 9.46. The quantitative estimate of drug-likeness (QED) is 0.171. The number of benzene rings is 7. The van der Waals surface area contributed by atoms with Gasteiger partial charge in [0.25, 0.3) is 0 Å². The molecule has 54 heavy (non-hydrogen) atoms. The van der Waals surface area contributed by atoms with Crippen molar-refractivity contribution in [2.75, 3.05) is 0 Å². The van der Waals surface area contributed by atoms with Crippen LogP contribution in [0.4, 0.5) is 0 Å². The van der Waals surface area contributed by atoms with Crippen LogP contribution in [0.2, 0.25) is 0 Å². The number of aromatic nitrogens is 6. The Balaban J connectivity index is 1.28. The smallest absolute Gasteiger partial charge is 0.223 e. The summed E-state index contributed by atoms with van der Waals surface area (Å²) in [6.07, 6.45) is 0. The molecule has 0 fully saturated rings. The van der Waals surface area contributed by atoms with E-state index in [1.807, 2.05) is 0 Å². The van der Waals surface area contributed by atoms with E-state index in [2.05, 4.69) is 181 Å². The molecule has 0 unspecified atom stereocenters. The van der Waals surface area contributed by atoms with Crippen LogP contribution in [-0.2, 0) is 10.8 Å². The average Bonchev–Trinajstić information content (AvgIpc) is 3.93. The summed E-state index contributed by atoms with van der Waals surface area (Å²) in [6, 6.07) is 45.0. The predicted octanol–water partition coefficient (Wildman–Crippen LogP) is 12.1. The van der Waals surface area contributed by atoms with Crippen LogP contribution in [0.5, 0.6) is 0 Å². The van der Waals surface area contributed by atoms with Crippen molar-refractivity contribution in [3.8, 4) is 5.69 Å². The van der Waals surface area contributed by atoms with Gasteiger partial charge < -0.3 is 4.57 Å². The molecule has 0 radical (unpaired) electrons. The van der Waals surface area contributed by atoms with Crippen LogP contribution < -0.4 is 0 Å². The fourth-order valence-corrected chi connectivity index (χ4v) is 9.09. The van der Waals surface area contributed by atoms with Crippen molar-refractivity contribution in [2.24, 2.45) is 0 Å². The van der Waals surface area contributed by atoms with Crippen LogP contribution in [-0.4, -0.2) is 27.7 Å². The first-order valence-electron chi connectivity index (χ1n) is 18.9. The molecule has 7 aromatic carbocycles. The Morgan fingerprint density at radius 2 is 0.833 bits per heavy atom. The van der Waals surface area contributed by atoms with E-state index in [9.17, 15) is 0 Å². The lowest BCUT2D eigenvalue weighted by Crippen LogP contribution is -2.10. The Bertz CT molecular complexity index is 3340. The summed E-state index contributed by atoms with van der Waals surface area (Å²) in [5.74, 6) is 1.75. The fourth-order valence-electron chi connectivity index (χ4n) is 9.09. The number of nitrogens with zero attached hydrogens (tertiary/aromatic N) is 6. The van der Waals surface area contributed by atoms with Crippen molar-refractivity contribution in [3.05, 3.63) is 132 Å². The third-order valence-electron chi connectivity index (χ3n) is 11.9. The molecule has 5 aromatic heterocycles. The first-order chi connectivity index (χ1) is 26.0. The normalized spacial score (nSPS) is 13.4. The standard InChI is InChI=1S/C48H38N6/c1-47(2,3)31-15-17-38-34(23-31)35-24-32(48(4,5)6)16-18-39(35)51(38)33-25-42-44-43(26-33)53-41-22-30-14-10-8-12-28(30)20-37(41)50-46(53)54(44)45-49-36-19-27-11-7-9-13-29(27)21-40(36)52(42)45/h7-26H,1-6H3. The average molecular weight is 699 g/mol. The Kier molecular flexibility index (Phi) is 5.44. The maximum atomic E-state index is 5.35. The zero-order chi connectivity index (χ0) is 36.4. The van der Waals surface area contributed by atoms with Gasteiger partial charge in [-0.3, -0.25) is 8.80 Å². The molecule has 0 N–H and O–H groups in total. The minimum absolute atomic E-state index is 0.0271. The number of hydrogen-bond donors (Lipinski definition) is 0. The van der Waals surface area contributed by atoms with Gasteiger partial charge in [-0.05, 0) is 104 Å². The first-order valence-corrected chi connectivity index (χ1v) is 18.9. The van der Waals surface area contributed by atoms with E-state index in [0.717, 1.165) is 55.9 Å². The molecule has 260 valence electrons. The third-order valence-corrected chi connectivity index (χ3v) is 11.9. The summed E-state index contributed by atoms with van der Waals surface area (Å²) in [6.45, 7) is 13.8. The molecule has 0 bridgehead atoms. The zero-order valence-corrected chi connectivity index (χ0v) is 31.2. The Morgan fingerprint density at radius 1 is 0.407 bits per heavy atom. The molecule has 0 saturated carbocycles. The van der Waals surface area contributed by atoms with Crippen LogP contribution in [0.1, 0.15) is 52.7 Å². The summed E-state index contributed by atoms with van der Waals surface area (Å²) in [5.41, 5.74) is 13.7. The highest BCUT2D eigenvalue weighted by molar-refractivity contribution is 6.12. The second-order valence-corrected chi connectivity index (χ2v) is 17.3. The lowest BCUT2D eigenvalue weighted by Gasteiger charge is -2.19. The highest BCUT2D eigenvalue weighted by Crippen LogP contribution is 2.41. The topological polar surface area (TPSA) is 43.9 Å². The molecule has 0 spiro atoms. The Hall–Kier alpha value is -6.40. The second-order valence-electron chi connectivity index (χ2n) is 17.3. The van der Waals surface area contributed by atoms with Gasteiger partial charge in [0, 0.05) is 10.8 Å².